The van der Waals surface area contributed by atoms with Crippen molar-refractivity contribution in [2.75, 3.05) is 26.2 Å². The molecule has 6 nitrogen and oxygen atoms in total. The third-order valence-electron chi connectivity index (χ3n) is 3.24. The highest BCUT2D eigenvalue weighted by Crippen LogP contribution is 2.15. The molecule has 1 aliphatic heterocycles. The normalized spacial score (nSPS) is 17.8. The number of amides is 2. The van der Waals surface area contributed by atoms with Crippen LogP contribution in [0, 0.1) is 0 Å². The predicted molar refractivity (Wildman–Crippen MR) is 81.7 cm³/mol. The molecule has 0 radical (unpaired) electrons. The van der Waals surface area contributed by atoms with Crippen LogP contribution in [0.4, 0.5) is 0 Å². The molecule has 0 saturated carbocycles. The maximum atomic E-state index is 12.4. The number of halogens is 1. The van der Waals surface area contributed by atoms with Gasteiger partial charge in [0.2, 0.25) is 0 Å². The van der Waals surface area contributed by atoms with Crippen LogP contribution in [0.5, 0.6) is 5.75 Å². The highest BCUT2D eigenvalue weighted by atomic mass is 35.5. The molecule has 1 aliphatic rings. The minimum atomic E-state index is -0.528. The van der Waals surface area contributed by atoms with Crippen LogP contribution in [0.1, 0.15) is 17.3 Å². The van der Waals surface area contributed by atoms with Crippen molar-refractivity contribution in [1.29, 1.82) is 0 Å². The van der Waals surface area contributed by atoms with E-state index in [4.69, 9.17) is 10.5 Å². The lowest BCUT2D eigenvalue weighted by Crippen LogP contribution is -2.52. The Labute approximate surface area is 130 Å². The summed E-state index contributed by atoms with van der Waals surface area (Å²) < 4.78 is 5.16. The number of piperazine rings is 1. The average molecular weight is 314 g/mol. The molecular formula is C14H20ClN3O3. The van der Waals surface area contributed by atoms with Crippen molar-refractivity contribution in [3.05, 3.63) is 29.8 Å². The molecule has 116 valence electrons. The smallest absolute Gasteiger partial charge is 0.255 e. The molecule has 1 atom stereocenters. The van der Waals surface area contributed by atoms with Gasteiger partial charge in [0.15, 0.2) is 6.61 Å². The molecular weight excluding hydrogens is 294 g/mol. The van der Waals surface area contributed by atoms with Crippen LogP contribution in [0.15, 0.2) is 24.3 Å². The second kappa shape index (κ2) is 7.85. The molecule has 7 heteroatoms. The lowest BCUT2D eigenvalue weighted by Gasteiger charge is -2.34. The molecule has 1 saturated heterocycles. The molecule has 0 bridgehead atoms. The number of rotatable bonds is 4. The van der Waals surface area contributed by atoms with Crippen molar-refractivity contribution in [2.24, 2.45) is 5.73 Å². The van der Waals surface area contributed by atoms with E-state index in [0.29, 0.717) is 17.9 Å². The minimum absolute atomic E-state index is 0. The van der Waals surface area contributed by atoms with Gasteiger partial charge in [-0.3, -0.25) is 9.59 Å². The van der Waals surface area contributed by atoms with Crippen LogP contribution < -0.4 is 15.8 Å². The monoisotopic (exact) mass is 313 g/mol. The van der Waals surface area contributed by atoms with Crippen molar-refractivity contribution in [3.8, 4) is 5.75 Å². The summed E-state index contributed by atoms with van der Waals surface area (Å²) in [7, 11) is 0. The third kappa shape index (κ3) is 4.61. The standard InChI is InChI=1S/C14H19N3O3.ClH/c1-10-8-16-6-7-17(10)14(19)11-2-4-12(5-3-11)20-9-13(15)18;/h2-5,10,16H,6-9H2,1H3,(H2,15,18);1H. The minimum Gasteiger partial charge on any atom is -0.484 e. The Morgan fingerprint density at radius 2 is 2.05 bits per heavy atom. The van der Waals surface area contributed by atoms with Gasteiger partial charge in [0.1, 0.15) is 5.75 Å². The van der Waals surface area contributed by atoms with E-state index in [9.17, 15) is 9.59 Å². The van der Waals surface area contributed by atoms with E-state index in [1.807, 2.05) is 11.8 Å². The Morgan fingerprint density at radius 3 is 2.62 bits per heavy atom. The second-order valence-electron chi connectivity index (χ2n) is 4.83. The fourth-order valence-corrected chi connectivity index (χ4v) is 2.16. The van der Waals surface area contributed by atoms with Crippen LogP contribution in [0.25, 0.3) is 0 Å². The van der Waals surface area contributed by atoms with Gasteiger partial charge in [-0.05, 0) is 31.2 Å². The van der Waals surface area contributed by atoms with Crippen LogP contribution in [0.2, 0.25) is 0 Å². The van der Waals surface area contributed by atoms with E-state index >= 15 is 0 Å². The predicted octanol–water partition coefficient (Wildman–Crippen LogP) is 0.406. The van der Waals surface area contributed by atoms with Gasteiger partial charge in [-0.25, -0.2) is 0 Å². The lowest BCUT2D eigenvalue weighted by molar-refractivity contribution is -0.119. The van der Waals surface area contributed by atoms with E-state index in [1.165, 1.54) is 0 Å². The molecule has 21 heavy (non-hydrogen) atoms. The largest absolute Gasteiger partial charge is 0.484 e. The van der Waals surface area contributed by atoms with Crippen molar-refractivity contribution in [2.45, 2.75) is 13.0 Å². The zero-order chi connectivity index (χ0) is 14.5. The summed E-state index contributed by atoms with van der Waals surface area (Å²) in [4.78, 5) is 24.8. The highest BCUT2D eigenvalue weighted by Gasteiger charge is 2.23. The van der Waals surface area contributed by atoms with Crippen LogP contribution in [0.3, 0.4) is 0 Å². The Kier molecular flexibility index (Phi) is 6.45. The molecule has 1 aromatic rings. The molecule has 1 heterocycles. The van der Waals surface area contributed by atoms with E-state index in [1.54, 1.807) is 24.3 Å². The molecule has 0 aliphatic carbocycles. The fourth-order valence-electron chi connectivity index (χ4n) is 2.16. The van der Waals surface area contributed by atoms with Crippen molar-refractivity contribution >= 4 is 24.2 Å². The summed E-state index contributed by atoms with van der Waals surface area (Å²) >= 11 is 0. The van der Waals surface area contributed by atoms with E-state index < -0.39 is 5.91 Å². The Bertz CT molecular complexity index is 493. The van der Waals surface area contributed by atoms with Gasteiger partial charge in [-0.15, -0.1) is 12.4 Å². The average Bonchev–Trinajstić information content (AvgIpc) is 2.45. The van der Waals surface area contributed by atoms with Gasteiger partial charge in [0.25, 0.3) is 11.8 Å². The highest BCUT2D eigenvalue weighted by molar-refractivity contribution is 5.94. The van der Waals surface area contributed by atoms with Crippen molar-refractivity contribution < 1.29 is 14.3 Å². The summed E-state index contributed by atoms with van der Waals surface area (Å²) in [6, 6.07) is 6.93. The summed E-state index contributed by atoms with van der Waals surface area (Å²) in [5, 5.41) is 3.25. The molecule has 3 N–H and O–H groups in total. The Balaban J connectivity index is 0.00000220. The Hall–Kier alpha value is -1.79. The fraction of sp³-hybridized carbons (Fsp3) is 0.429. The first-order chi connectivity index (χ1) is 9.58. The van der Waals surface area contributed by atoms with Crippen molar-refractivity contribution in [3.63, 3.8) is 0 Å². The summed E-state index contributed by atoms with van der Waals surface area (Å²) in [6.07, 6.45) is 0. The van der Waals surface area contributed by atoms with Gasteiger partial charge in [-0.1, -0.05) is 0 Å². The van der Waals surface area contributed by atoms with E-state index in [2.05, 4.69) is 5.32 Å². The summed E-state index contributed by atoms with van der Waals surface area (Å²) in [6.45, 7) is 4.19. The van der Waals surface area contributed by atoms with Crippen molar-refractivity contribution in [1.82, 2.24) is 10.2 Å². The number of hydrogen-bond donors (Lipinski definition) is 2. The van der Waals surface area contributed by atoms with Gasteiger partial charge in [0.05, 0.1) is 0 Å². The number of benzene rings is 1. The molecule has 2 amide bonds. The lowest BCUT2D eigenvalue weighted by atomic mass is 10.1. The SMILES string of the molecule is CC1CNCCN1C(=O)c1ccc(OCC(N)=O)cc1.Cl. The van der Waals surface area contributed by atoms with Gasteiger partial charge < -0.3 is 20.7 Å². The van der Waals surface area contributed by atoms with E-state index in [0.717, 1.165) is 13.1 Å². The number of ether oxygens (including phenoxy) is 1. The first-order valence-corrected chi connectivity index (χ1v) is 6.61. The van der Waals surface area contributed by atoms with Gasteiger partial charge >= 0.3 is 0 Å². The molecule has 0 aromatic heterocycles. The number of nitrogens with one attached hydrogen (secondary N) is 1. The van der Waals surface area contributed by atoms with E-state index in [-0.39, 0.29) is 31.0 Å². The zero-order valence-corrected chi connectivity index (χ0v) is 12.7. The number of hydrogen-bond acceptors (Lipinski definition) is 4. The first-order valence-electron chi connectivity index (χ1n) is 6.61. The zero-order valence-electron chi connectivity index (χ0n) is 11.9. The summed E-state index contributed by atoms with van der Waals surface area (Å²) in [5.74, 6) is 0.00829. The molecule has 1 fully saturated rings. The maximum absolute atomic E-state index is 12.4. The number of carbonyl (C=O) groups excluding carboxylic acids is 2. The second-order valence-corrected chi connectivity index (χ2v) is 4.83. The third-order valence-corrected chi connectivity index (χ3v) is 3.24. The maximum Gasteiger partial charge on any atom is 0.255 e. The number of nitrogens with two attached hydrogens (primary N) is 1. The van der Waals surface area contributed by atoms with Crippen LogP contribution >= 0.6 is 12.4 Å². The summed E-state index contributed by atoms with van der Waals surface area (Å²) in [5.41, 5.74) is 5.62. The van der Waals surface area contributed by atoms with Gasteiger partial charge in [0, 0.05) is 31.2 Å². The quantitative estimate of drug-likeness (QED) is 0.843. The molecule has 1 aromatic carbocycles. The molecule has 0 spiro atoms. The number of nitrogens with zero attached hydrogens (tertiary/aromatic N) is 1. The molecule has 1 unspecified atom stereocenters. The Morgan fingerprint density at radius 1 is 1.38 bits per heavy atom. The van der Waals surface area contributed by atoms with Crippen LogP contribution in [-0.4, -0.2) is 49.0 Å². The topological polar surface area (TPSA) is 84.7 Å². The number of carbonyl (C=O) groups is 2. The first kappa shape index (κ1) is 17.3. The van der Waals surface area contributed by atoms with Gasteiger partial charge in [-0.2, -0.15) is 0 Å². The number of primary amides is 1. The van der Waals surface area contributed by atoms with Crippen LogP contribution in [-0.2, 0) is 4.79 Å². The molecule has 2 rings (SSSR count).